The van der Waals surface area contributed by atoms with Crippen LogP contribution in [0.4, 0.5) is 0 Å². The van der Waals surface area contributed by atoms with Crippen LogP contribution in [0, 0.1) is 0 Å². The van der Waals surface area contributed by atoms with Crippen molar-refractivity contribution in [3.63, 3.8) is 0 Å². The number of H-pyrrole nitrogens is 1. The first-order valence-corrected chi connectivity index (χ1v) is 11.2. The van der Waals surface area contributed by atoms with Gasteiger partial charge in [0.2, 0.25) is 5.91 Å². The molecule has 0 spiro atoms. The average Bonchev–Trinajstić information content (AvgIpc) is 3.55. The zero-order chi connectivity index (χ0) is 21.0. The van der Waals surface area contributed by atoms with Crippen LogP contribution in [0.1, 0.15) is 30.7 Å². The molecule has 0 unspecified atom stereocenters. The monoisotopic (exact) mass is 412 g/mol. The molecule has 0 radical (unpaired) electrons. The number of para-hydroxylation sites is 2. The summed E-state index contributed by atoms with van der Waals surface area (Å²) in [5, 5.41) is 5.65. The second-order valence-electron chi connectivity index (χ2n) is 8.39. The van der Waals surface area contributed by atoms with Crippen molar-refractivity contribution in [2.75, 3.05) is 13.1 Å². The Morgan fingerprint density at radius 2 is 1.84 bits per heavy atom. The number of hydrogen-bond acceptors (Lipinski definition) is 3. The number of nitrogens with zero attached hydrogens (tertiary/aromatic N) is 2. The molecule has 3 aromatic carbocycles. The predicted molar refractivity (Wildman–Crippen MR) is 125 cm³/mol. The Morgan fingerprint density at radius 1 is 1.03 bits per heavy atom. The summed E-state index contributed by atoms with van der Waals surface area (Å²) in [5.41, 5.74) is 3.35. The second kappa shape index (κ2) is 8.90. The fourth-order valence-corrected chi connectivity index (χ4v) is 4.26. The molecular formula is C26H28N4O. The summed E-state index contributed by atoms with van der Waals surface area (Å²) >= 11 is 0. The number of aromatic amines is 1. The van der Waals surface area contributed by atoms with Crippen LogP contribution < -0.4 is 5.32 Å². The van der Waals surface area contributed by atoms with Gasteiger partial charge in [-0.05, 0) is 41.3 Å². The molecule has 1 aliphatic rings. The van der Waals surface area contributed by atoms with Crippen LogP contribution in [0.5, 0.6) is 0 Å². The lowest BCUT2D eigenvalue weighted by Gasteiger charge is -2.22. The minimum Gasteiger partial charge on any atom is -0.356 e. The molecule has 1 saturated carbocycles. The lowest BCUT2D eigenvalue weighted by atomic mass is 10.0. The van der Waals surface area contributed by atoms with Gasteiger partial charge in [-0.1, -0.05) is 54.6 Å². The van der Waals surface area contributed by atoms with Crippen LogP contribution in [0.3, 0.4) is 0 Å². The fourth-order valence-electron chi connectivity index (χ4n) is 4.26. The molecule has 5 nitrogen and oxygen atoms in total. The Labute approximate surface area is 182 Å². The molecule has 4 aromatic rings. The van der Waals surface area contributed by atoms with E-state index in [-0.39, 0.29) is 5.91 Å². The number of rotatable bonds is 9. The molecule has 158 valence electrons. The maximum atomic E-state index is 12.4. The number of carbonyl (C=O) groups excluding carboxylic acids is 1. The predicted octanol–water partition coefficient (Wildman–Crippen LogP) is 4.43. The average molecular weight is 413 g/mol. The molecule has 5 heteroatoms. The SMILES string of the molecule is O=C(CCN(Cc1cccc2ccccc12)C1CC1)NCCc1nc2ccccc2[nH]1. The van der Waals surface area contributed by atoms with Crippen LogP contribution >= 0.6 is 0 Å². The lowest BCUT2D eigenvalue weighted by Crippen LogP contribution is -2.33. The molecule has 0 atom stereocenters. The number of fused-ring (bicyclic) bond motifs is 2. The summed E-state index contributed by atoms with van der Waals surface area (Å²) in [6, 6.07) is 23.7. The van der Waals surface area contributed by atoms with Gasteiger partial charge in [-0.15, -0.1) is 0 Å². The molecule has 1 aliphatic carbocycles. The van der Waals surface area contributed by atoms with E-state index >= 15 is 0 Å². The van der Waals surface area contributed by atoms with E-state index in [9.17, 15) is 4.79 Å². The van der Waals surface area contributed by atoms with Gasteiger partial charge in [0, 0.05) is 38.5 Å². The van der Waals surface area contributed by atoms with Crippen molar-refractivity contribution in [1.29, 1.82) is 0 Å². The Bertz CT molecular complexity index is 1160. The van der Waals surface area contributed by atoms with E-state index in [0.717, 1.165) is 29.9 Å². The fraction of sp³-hybridized carbons (Fsp3) is 0.308. The molecule has 0 saturated heterocycles. The van der Waals surface area contributed by atoms with Crippen molar-refractivity contribution < 1.29 is 4.79 Å². The highest BCUT2D eigenvalue weighted by atomic mass is 16.1. The molecule has 0 aliphatic heterocycles. The van der Waals surface area contributed by atoms with Crippen molar-refractivity contribution in [2.45, 2.75) is 38.3 Å². The summed E-state index contributed by atoms with van der Waals surface area (Å²) in [6.07, 6.45) is 3.71. The van der Waals surface area contributed by atoms with Gasteiger partial charge in [-0.2, -0.15) is 0 Å². The largest absolute Gasteiger partial charge is 0.356 e. The van der Waals surface area contributed by atoms with E-state index in [2.05, 4.69) is 62.6 Å². The van der Waals surface area contributed by atoms with Gasteiger partial charge in [-0.3, -0.25) is 9.69 Å². The summed E-state index contributed by atoms with van der Waals surface area (Å²) in [4.78, 5) is 22.8. The van der Waals surface area contributed by atoms with Crippen molar-refractivity contribution in [3.05, 3.63) is 78.1 Å². The van der Waals surface area contributed by atoms with Crippen molar-refractivity contribution in [3.8, 4) is 0 Å². The third-order valence-corrected chi connectivity index (χ3v) is 6.07. The third kappa shape index (κ3) is 4.78. The van der Waals surface area contributed by atoms with E-state index in [1.165, 1.54) is 29.2 Å². The van der Waals surface area contributed by atoms with E-state index in [0.29, 0.717) is 25.4 Å². The summed E-state index contributed by atoms with van der Waals surface area (Å²) < 4.78 is 0. The maximum Gasteiger partial charge on any atom is 0.221 e. The van der Waals surface area contributed by atoms with Gasteiger partial charge in [0.25, 0.3) is 0 Å². The molecule has 1 heterocycles. The Hall–Kier alpha value is -3.18. The van der Waals surface area contributed by atoms with Crippen molar-refractivity contribution in [1.82, 2.24) is 20.2 Å². The number of amides is 1. The quantitative estimate of drug-likeness (QED) is 0.428. The number of nitrogens with one attached hydrogen (secondary N) is 2. The Balaban J connectivity index is 1.13. The lowest BCUT2D eigenvalue weighted by molar-refractivity contribution is -0.121. The molecule has 1 fully saturated rings. The van der Waals surface area contributed by atoms with E-state index in [4.69, 9.17) is 0 Å². The van der Waals surface area contributed by atoms with Gasteiger partial charge < -0.3 is 10.3 Å². The smallest absolute Gasteiger partial charge is 0.221 e. The molecule has 31 heavy (non-hydrogen) atoms. The number of carbonyl (C=O) groups is 1. The number of hydrogen-bond donors (Lipinski definition) is 2. The zero-order valence-electron chi connectivity index (χ0n) is 17.7. The first kappa shape index (κ1) is 19.8. The number of aromatic nitrogens is 2. The first-order valence-electron chi connectivity index (χ1n) is 11.2. The molecule has 1 amide bonds. The van der Waals surface area contributed by atoms with E-state index in [1.54, 1.807) is 0 Å². The first-order chi connectivity index (χ1) is 15.3. The molecule has 0 bridgehead atoms. The van der Waals surface area contributed by atoms with Gasteiger partial charge in [-0.25, -0.2) is 4.98 Å². The third-order valence-electron chi connectivity index (χ3n) is 6.07. The Kier molecular flexibility index (Phi) is 5.67. The van der Waals surface area contributed by atoms with Crippen LogP contribution in [0.15, 0.2) is 66.7 Å². The van der Waals surface area contributed by atoms with Crippen LogP contribution in [0.2, 0.25) is 0 Å². The zero-order valence-corrected chi connectivity index (χ0v) is 17.7. The molecule has 2 N–H and O–H groups in total. The van der Waals surface area contributed by atoms with Crippen LogP contribution in [-0.4, -0.2) is 39.9 Å². The second-order valence-corrected chi connectivity index (χ2v) is 8.39. The summed E-state index contributed by atoms with van der Waals surface area (Å²) in [5.74, 6) is 1.02. The summed E-state index contributed by atoms with van der Waals surface area (Å²) in [7, 11) is 0. The van der Waals surface area contributed by atoms with Crippen molar-refractivity contribution >= 4 is 27.7 Å². The van der Waals surface area contributed by atoms with Gasteiger partial charge in [0.05, 0.1) is 11.0 Å². The highest BCUT2D eigenvalue weighted by Gasteiger charge is 2.29. The molecule has 1 aromatic heterocycles. The summed E-state index contributed by atoms with van der Waals surface area (Å²) in [6.45, 7) is 2.30. The normalized spacial score (nSPS) is 13.8. The van der Waals surface area contributed by atoms with Crippen LogP contribution in [-0.2, 0) is 17.8 Å². The topological polar surface area (TPSA) is 61.0 Å². The van der Waals surface area contributed by atoms with Gasteiger partial charge in [0.1, 0.15) is 5.82 Å². The Morgan fingerprint density at radius 3 is 2.71 bits per heavy atom. The number of benzene rings is 3. The minimum atomic E-state index is 0.111. The maximum absolute atomic E-state index is 12.4. The molecular weight excluding hydrogens is 384 g/mol. The van der Waals surface area contributed by atoms with Gasteiger partial charge >= 0.3 is 0 Å². The van der Waals surface area contributed by atoms with Gasteiger partial charge in [0.15, 0.2) is 0 Å². The minimum absolute atomic E-state index is 0.111. The highest BCUT2D eigenvalue weighted by molar-refractivity contribution is 5.85. The van der Waals surface area contributed by atoms with E-state index < -0.39 is 0 Å². The van der Waals surface area contributed by atoms with Crippen LogP contribution in [0.25, 0.3) is 21.8 Å². The highest BCUT2D eigenvalue weighted by Crippen LogP contribution is 2.30. The van der Waals surface area contributed by atoms with E-state index in [1.807, 2.05) is 24.3 Å². The van der Waals surface area contributed by atoms with Crippen molar-refractivity contribution in [2.24, 2.45) is 0 Å². The number of imidazole rings is 1. The molecule has 5 rings (SSSR count). The standard InChI is InChI=1S/C26H28N4O/c31-26(27-16-14-25-28-23-10-3-4-11-24(23)29-25)15-17-30(21-12-13-21)18-20-8-5-7-19-6-1-2-9-22(19)20/h1-11,21H,12-18H2,(H,27,31)(H,28,29).